The number of hydrogen-bond acceptors (Lipinski definition) is 4. The van der Waals surface area contributed by atoms with Gasteiger partial charge in [0, 0.05) is 18.4 Å². The maximum absolute atomic E-state index is 12.1. The lowest BCUT2D eigenvalue weighted by molar-refractivity contribution is -0.117. The number of anilines is 1. The van der Waals surface area contributed by atoms with E-state index in [0.717, 1.165) is 11.3 Å². The zero-order valence-corrected chi connectivity index (χ0v) is 15.9. The van der Waals surface area contributed by atoms with Crippen molar-refractivity contribution in [2.45, 2.75) is 32.6 Å². The predicted molar refractivity (Wildman–Crippen MR) is 107 cm³/mol. The van der Waals surface area contributed by atoms with Gasteiger partial charge in [0.25, 0.3) is 5.91 Å². The molecule has 0 aliphatic rings. The molecule has 0 saturated carbocycles. The second-order valence-corrected chi connectivity index (χ2v) is 7.31. The van der Waals surface area contributed by atoms with Crippen LogP contribution in [-0.4, -0.2) is 17.6 Å². The summed E-state index contributed by atoms with van der Waals surface area (Å²) in [5.41, 5.74) is 3.11. The first-order valence-corrected chi connectivity index (χ1v) is 8.83. The number of carbonyl (C=O) groups is 1. The van der Waals surface area contributed by atoms with Crippen LogP contribution in [0.15, 0.2) is 60.3 Å². The molecule has 0 fully saturated rings. The summed E-state index contributed by atoms with van der Waals surface area (Å²) in [6.07, 6.45) is 2.04. The zero-order valence-electron chi connectivity index (χ0n) is 15.9. The summed E-state index contributed by atoms with van der Waals surface area (Å²) in [7, 11) is 0. The molecule has 2 aromatic carbocycles. The molecule has 5 nitrogen and oxygen atoms in total. The number of nitrogens with one attached hydrogen (secondary N) is 2. The molecule has 0 heterocycles. The van der Waals surface area contributed by atoms with Crippen molar-refractivity contribution in [3.8, 4) is 11.8 Å². The molecule has 2 rings (SSSR count). The van der Waals surface area contributed by atoms with Crippen molar-refractivity contribution >= 4 is 11.6 Å². The number of aromatic hydroxyl groups is 1. The molecule has 140 valence electrons. The molecule has 27 heavy (non-hydrogen) atoms. The van der Waals surface area contributed by atoms with Gasteiger partial charge in [-0.3, -0.25) is 4.79 Å². The Morgan fingerprint density at radius 2 is 1.74 bits per heavy atom. The Bertz CT molecular complexity index is 839. The van der Waals surface area contributed by atoms with Crippen LogP contribution in [0.3, 0.4) is 0 Å². The number of amides is 1. The smallest absolute Gasteiger partial charge is 0.263 e. The molecule has 0 aliphatic heterocycles. The highest BCUT2D eigenvalue weighted by atomic mass is 16.3. The van der Waals surface area contributed by atoms with Gasteiger partial charge < -0.3 is 15.7 Å². The van der Waals surface area contributed by atoms with E-state index in [1.807, 2.05) is 30.3 Å². The Morgan fingerprint density at radius 1 is 1.11 bits per heavy atom. The standard InChI is InChI=1S/C22H25N3O2/c1-22(2,3)18-6-8-19(9-7-18)25-15-17(14-23)21(27)24-13-12-16-4-10-20(26)11-5-16/h4-11,15,25-26H,12-13H2,1-3H3,(H,24,27)/b17-15-. The molecule has 0 spiro atoms. The van der Waals surface area contributed by atoms with Crippen LogP contribution in [-0.2, 0) is 16.6 Å². The van der Waals surface area contributed by atoms with Gasteiger partial charge in [-0.15, -0.1) is 0 Å². The summed E-state index contributed by atoms with van der Waals surface area (Å²) in [6, 6.07) is 16.6. The van der Waals surface area contributed by atoms with Gasteiger partial charge in [0.15, 0.2) is 0 Å². The monoisotopic (exact) mass is 363 g/mol. The molecule has 0 aliphatic carbocycles. The molecule has 0 saturated heterocycles. The molecule has 3 N–H and O–H groups in total. The lowest BCUT2D eigenvalue weighted by atomic mass is 9.87. The van der Waals surface area contributed by atoms with Gasteiger partial charge in [-0.2, -0.15) is 5.26 Å². The SMILES string of the molecule is CC(C)(C)c1ccc(N/C=C(/C#N)C(=O)NCCc2ccc(O)cc2)cc1. The second-order valence-electron chi connectivity index (χ2n) is 7.31. The van der Waals surface area contributed by atoms with Gasteiger partial charge in [0.2, 0.25) is 0 Å². The van der Waals surface area contributed by atoms with Crippen molar-refractivity contribution in [1.29, 1.82) is 5.26 Å². The number of nitrogens with zero attached hydrogens (tertiary/aromatic N) is 1. The average Bonchev–Trinajstić information content (AvgIpc) is 2.63. The first-order chi connectivity index (χ1) is 12.8. The first-order valence-electron chi connectivity index (χ1n) is 8.83. The maximum atomic E-state index is 12.1. The Balaban J connectivity index is 1.90. The number of carbonyl (C=O) groups excluding carboxylic acids is 1. The van der Waals surface area contributed by atoms with Gasteiger partial charge in [-0.1, -0.05) is 45.0 Å². The molecule has 0 bridgehead atoms. The van der Waals surface area contributed by atoms with Crippen molar-refractivity contribution in [2.24, 2.45) is 0 Å². The van der Waals surface area contributed by atoms with Crippen LogP contribution in [0.1, 0.15) is 31.9 Å². The van der Waals surface area contributed by atoms with Gasteiger partial charge in [0.1, 0.15) is 17.4 Å². The summed E-state index contributed by atoms with van der Waals surface area (Å²) in [5.74, 6) is -0.214. The fraction of sp³-hybridized carbons (Fsp3) is 0.273. The van der Waals surface area contributed by atoms with E-state index in [1.54, 1.807) is 24.3 Å². The number of rotatable bonds is 6. The molecule has 0 aromatic heterocycles. The number of nitriles is 1. The minimum absolute atomic E-state index is 0.0144. The van der Waals surface area contributed by atoms with E-state index in [0.29, 0.717) is 13.0 Å². The summed E-state index contributed by atoms with van der Waals surface area (Å²) >= 11 is 0. The topological polar surface area (TPSA) is 85.2 Å². The minimum Gasteiger partial charge on any atom is -0.508 e. The van der Waals surface area contributed by atoms with Crippen LogP contribution in [0.2, 0.25) is 0 Å². The molecule has 1 amide bonds. The van der Waals surface area contributed by atoms with E-state index in [2.05, 4.69) is 31.4 Å². The Morgan fingerprint density at radius 3 is 2.30 bits per heavy atom. The van der Waals surface area contributed by atoms with E-state index in [4.69, 9.17) is 0 Å². The van der Waals surface area contributed by atoms with E-state index in [9.17, 15) is 15.2 Å². The molecule has 2 aromatic rings. The molecular formula is C22H25N3O2. The van der Waals surface area contributed by atoms with Crippen molar-refractivity contribution < 1.29 is 9.90 Å². The zero-order chi connectivity index (χ0) is 19.9. The molecule has 0 radical (unpaired) electrons. The Labute approximate surface area is 160 Å². The highest BCUT2D eigenvalue weighted by Crippen LogP contribution is 2.23. The maximum Gasteiger partial charge on any atom is 0.263 e. The van der Waals surface area contributed by atoms with E-state index >= 15 is 0 Å². The average molecular weight is 363 g/mol. The Hall–Kier alpha value is -3.26. The minimum atomic E-state index is -0.421. The lowest BCUT2D eigenvalue weighted by Crippen LogP contribution is -2.27. The molecular weight excluding hydrogens is 338 g/mol. The summed E-state index contributed by atoms with van der Waals surface area (Å²) < 4.78 is 0. The van der Waals surface area contributed by atoms with Crippen molar-refractivity contribution in [3.63, 3.8) is 0 Å². The number of phenols is 1. The van der Waals surface area contributed by atoms with Crippen molar-refractivity contribution in [3.05, 3.63) is 71.4 Å². The van der Waals surface area contributed by atoms with Crippen LogP contribution >= 0.6 is 0 Å². The highest BCUT2D eigenvalue weighted by molar-refractivity contribution is 5.97. The first kappa shape index (κ1) is 20.1. The lowest BCUT2D eigenvalue weighted by Gasteiger charge is -2.19. The normalized spacial score (nSPS) is 11.6. The molecule has 0 atom stereocenters. The van der Waals surface area contributed by atoms with Crippen LogP contribution in [0.4, 0.5) is 5.69 Å². The van der Waals surface area contributed by atoms with Crippen molar-refractivity contribution in [2.75, 3.05) is 11.9 Å². The molecule has 0 unspecified atom stereocenters. The predicted octanol–water partition coefficient (Wildman–Crippen LogP) is 3.87. The summed E-state index contributed by atoms with van der Waals surface area (Å²) in [4.78, 5) is 12.1. The summed E-state index contributed by atoms with van der Waals surface area (Å²) in [6.45, 7) is 6.84. The number of benzene rings is 2. The Kier molecular flexibility index (Phi) is 6.62. The van der Waals surface area contributed by atoms with Gasteiger partial charge >= 0.3 is 0 Å². The van der Waals surface area contributed by atoms with Crippen LogP contribution in [0.25, 0.3) is 0 Å². The van der Waals surface area contributed by atoms with E-state index < -0.39 is 5.91 Å². The quantitative estimate of drug-likeness (QED) is 0.537. The van der Waals surface area contributed by atoms with E-state index in [-0.39, 0.29) is 16.7 Å². The third kappa shape index (κ3) is 6.19. The highest BCUT2D eigenvalue weighted by Gasteiger charge is 2.13. The molecule has 5 heteroatoms. The fourth-order valence-electron chi connectivity index (χ4n) is 2.45. The summed E-state index contributed by atoms with van der Waals surface area (Å²) in [5, 5.41) is 24.2. The van der Waals surface area contributed by atoms with Crippen LogP contribution < -0.4 is 10.6 Å². The third-order valence-corrected chi connectivity index (χ3v) is 4.13. The van der Waals surface area contributed by atoms with Gasteiger partial charge in [-0.05, 0) is 47.2 Å². The largest absolute Gasteiger partial charge is 0.508 e. The second kappa shape index (κ2) is 8.91. The number of phenolic OH excluding ortho intramolecular Hbond substituents is 1. The third-order valence-electron chi connectivity index (χ3n) is 4.13. The fourth-order valence-corrected chi connectivity index (χ4v) is 2.45. The van der Waals surface area contributed by atoms with E-state index in [1.165, 1.54) is 11.8 Å². The number of hydrogen-bond donors (Lipinski definition) is 3. The van der Waals surface area contributed by atoms with Gasteiger partial charge in [0.05, 0.1) is 0 Å². The van der Waals surface area contributed by atoms with Crippen LogP contribution in [0, 0.1) is 11.3 Å². The van der Waals surface area contributed by atoms with Crippen LogP contribution in [0.5, 0.6) is 5.75 Å². The van der Waals surface area contributed by atoms with Crippen molar-refractivity contribution in [1.82, 2.24) is 5.32 Å². The van der Waals surface area contributed by atoms with Gasteiger partial charge in [-0.25, -0.2) is 0 Å².